The maximum atomic E-state index is 13.6. The molecule has 0 radical (unpaired) electrons. The maximum absolute atomic E-state index is 13.6. The maximum Gasteiger partial charge on any atom is 0.337 e. The van der Waals surface area contributed by atoms with Crippen molar-refractivity contribution in [3.05, 3.63) is 52.7 Å². The summed E-state index contributed by atoms with van der Waals surface area (Å²) >= 11 is 5.64. The molecule has 1 N–H and O–H groups in total. The summed E-state index contributed by atoms with van der Waals surface area (Å²) in [5.41, 5.74) is -0.689. The summed E-state index contributed by atoms with van der Waals surface area (Å²) in [6, 6.07) is 5.90. The van der Waals surface area contributed by atoms with E-state index in [0.29, 0.717) is 0 Å². The van der Waals surface area contributed by atoms with Gasteiger partial charge in [-0.2, -0.15) is 0 Å². The Hall–Kier alpha value is -2.01. The van der Waals surface area contributed by atoms with Gasteiger partial charge in [-0.15, -0.1) is 0 Å². The molecule has 0 saturated carbocycles. The van der Waals surface area contributed by atoms with Gasteiger partial charge in [0.1, 0.15) is 5.15 Å². The van der Waals surface area contributed by atoms with Crippen LogP contribution in [0.5, 0.6) is 0 Å². The van der Waals surface area contributed by atoms with Gasteiger partial charge in [-0.05, 0) is 24.3 Å². The minimum absolute atomic E-state index is 0.00124. The Morgan fingerprint density at radius 3 is 2.61 bits per heavy atom. The van der Waals surface area contributed by atoms with E-state index < -0.39 is 17.6 Å². The first-order valence-corrected chi connectivity index (χ1v) is 5.22. The Balaban J connectivity index is 2.73. The van der Waals surface area contributed by atoms with Gasteiger partial charge in [0.15, 0.2) is 11.6 Å². The molecule has 0 aliphatic heterocycles. The fourth-order valence-corrected chi connectivity index (χ4v) is 1.65. The van der Waals surface area contributed by atoms with E-state index in [1.807, 2.05) is 0 Å². The summed E-state index contributed by atoms with van der Waals surface area (Å²) in [6.45, 7) is 0. The van der Waals surface area contributed by atoms with E-state index in [0.717, 1.165) is 6.07 Å². The molecule has 92 valence electrons. The van der Waals surface area contributed by atoms with Crippen molar-refractivity contribution in [3.8, 4) is 11.3 Å². The van der Waals surface area contributed by atoms with Gasteiger partial charge in [0.05, 0.1) is 11.3 Å². The van der Waals surface area contributed by atoms with E-state index in [2.05, 4.69) is 4.98 Å². The molecule has 1 heterocycles. The smallest absolute Gasteiger partial charge is 0.337 e. The van der Waals surface area contributed by atoms with Gasteiger partial charge in [0, 0.05) is 5.56 Å². The number of aromatic nitrogens is 1. The van der Waals surface area contributed by atoms with Crippen molar-refractivity contribution in [1.29, 1.82) is 0 Å². The molecule has 0 spiro atoms. The fraction of sp³-hybridized carbons (Fsp3) is 0. The topological polar surface area (TPSA) is 50.2 Å². The van der Waals surface area contributed by atoms with Gasteiger partial charge in [0.25, 0.3) is 0 Å². The van der Waals surface area contributed by atoms with Crippen LogP contribution in [0.1, 0.15) is 10.4 Å². The number of hydrogen-bond donors (Lipinski definition) is 1. The molecule has 0 fully saturated rings. The molecule has 0 amide bonds. The predicted octanol–water partition coefficient (Wildman–Crippen LogP) is 3.38. The van der Waals surface area contributed by atoms with Gasteiger partial charge in [0.2, 0.25) is 0 Å². The lowest BCUT2D eigenvalue weighted by molar-refractivity contribution is 0.0697. The monoisotopic (exact) mass is 269 g/mol. The summed E-state index contributed by atoms with van der Waals surface area (Å²) in [7, 11) is 0. The van der Waals surface area contributed by atoms with E-state index in [1.165, 1.54) is 24.3 Å². The van der Waals surface area contributed by atoms with Crippen molar-refractivity contribution in [3.63, 3.8) is 0 Å². The van der Waals surface area contributed by atoms with Gasteiger partial charge < -0.3 is 5.11 Å². The number of aromatic carboxylic acids is 1. The number of hydrogen-bond acceptors (Lipinski definition) is 2. The Kier molecular flexibility index (Phi) is 3.25. The first-order valence-electron chi connectivity index (χ1n) is 4.85. The van der Waals surface area contributed by atoms with Gasteiger partial charge in [-0.1, -0.05) is 17.7 Å². The third kappa shape index (κ3) is 2.17. The molecule has 0 aliphatic carbocycles. The molecule has 3 nitrogen and oxygen atoms in total. The zero-order valence-corrected chi connectivity index (χ0v) is 9.58. The Morgan fingerprint density at radius 2 is 1.94 bits per heavy atom. The third-order valence-corrected chi connectivity index (χ3v) is 2.51. The average Bonchev–Trinajstić information content (AvgIpc) is 2.32. The molecule has 0 unspecified atom stereocenters. The number of rotatable bonds is 2. The number of carbonyl (C=O) groups is 1. The van der Waals surface area contributed by atoms with E-state index in [1.54, 1.807) is 0 Å². The Bertz CT molecular complexity index is 631. The highest BCUT2D eigenvalue weighted by atomic mass is 35.5. The molecule has 2 aromatic rings. The first-order chi connectivity index (χ1) is 8.50. The lowest BCUT2D eigenvalue weighted by Gasteiger charge is -2.07. The van der Waals surface area contributed by atoms with Crippen LogP contribution in [-0.4, -0.2) is 16.1 Å². The second kappa shape index (κ2) is 4.70. The van der Waals surface area contributed by atoms with Crippen LogP contribution >= 0.6 is 11.6 Å². The molecule has 6 heteroatoms. The molecule has 0 atom stereocenters. The van der Waals surface area contributed by atoms with Crippen LogP contribution in [0.2, 0.25) is 5.15 Å². The number of pyridine rings is 1. The Labute approximate surface area is 106 Å². The fourth-order valence-electron chi connectivity index (χ4n) is 1.50. The lowest BCUT2D eigenvalue weighted by atomic mass is 10.1. The van der Waals surface area contributed by atoms with Crippen molar-refractivity contribution in [2.45, 2.75) is 0 Å². The normalized spacial score (nSPS) is 10.4. The zero-order valence-electron chi connectivity index (χ0n) is 8.82. The summed E-state index contributed by atoms with van der Waals surface area (Å²) in [5.74, 6) is -3.53. The van der Waals surface area contributed by atoms with Gasteiger partial charge >= 0.3 is 5.97 Å². The molecule has 0 aliphatic rings. The van der Waals surface area contributed by atoms with Crippen LogP contribution < -0.4 is 0 Å². The molecular formula is C12H6ClF2NO2. The number of benzene rings is 1. The van der Waals surface area contributed by atoms with Crippen LogP contribution in [0.4, 0.5) is 8.78 Å². The molecular weight excluding hydrogens is 264 g/mol. The van der Waals surface area contributed by atoms with E-state index in [-0.39, 0.29) is 22.0 Å². The van der Waals surface area contributed by atoms with Crippen molar-refractivity contribution in [1.82, 2.24) is 4.98 Å². The highest BCUT2D eigenvalue weighted by Crippen LogP contribution is 2.27. The second-order valence-corrected chi connectivity index (χ2v) is 3.82. The standard InChI is InChI=1S/C12H6ClF2NO2/c13-9-5-4-7(12(17)18)11(16-9)6-2-1-3-8(14)10(6)15/h1-5H,(H,17,18). The molecule has 1 aromatic heterocycles. The van der Waals surface area contributed by atoms with Crippen molar-refractivity contribution >= 4 is 17.6 Å². The molecule has 0 saturated heterocycles. The van der Waals surface area contributed by atoms with Crippen LogP contribution in [0, 0.1) is 11.6 Å². The quantitative estimate of drug-likeness (QED) is 0.850. The average molecular weight is 270 g/mol. The highest BCUT2D eigenvalue weighted by molar-refractivity contribution is 6.29. The lowest BCUT2D eigenvalue weighted by Crippen LogP contribution is -2.03. The number of carboxylic acid groups (broad SMARTS) is 1. The first kappa shape index (κ1) is 12.4. The number of nitrogens with zero attached hydrogens (tertiary/aromatic N) is 1. The molecule has 2 rings (SSSR count). The molecule has 1 aromatic carbocycles. The van der Waals surface area contributed by atoms with Crippen molar-refractivity contribution in [2.24, 2.45) is 0 Å². The largest absolute Gasteiger partial charge is 0.478 e. The van der Waals surface area contributed by atoms with Crippen LogP contribution in [0.15, 0.2) is 30.3 Å². The molecule has 18 heavy (non-hydrogen) atoms. The summed E-state index contributed by atoms with van der Waals surface area (Å²) in [5, 5.41) is 8.98. The van der Waals surface area contributed by atoms with Crippen molar-refractivity contribution in [2.75, 3.05) is 0 Å². The summed E-state index contributed by atoms with van der Waals surface area (Å²) in [4.78, 5) is 14.7. The Morgan fingerprint density at radius 1 is 1.22 bits per heavy atom. The highest BCUT2D eigenvalue weighted by Gasteiger charge is 2.18. The van der Waals surface area contributed by atoms with Crippen LogP contribution in [0.25, 0.3) is 11.3 Å². The zero-order chi connectivity index (χ0) is 13.3. The van der Waals surface area contributed by atoms with Crippen LogP contribution in [0.3, 0.4) is 0 Å². The predicted molar refractivity (Wildman–Crippen MR) is 61.6 cm³/mol. The number of carboxylic acids is 1. The minimum atomic E-state index is -1.29. The minimum Gasteiger partial charge on any atom is -0.478 e. The van der Waals surface area contributed by atoms with Crippen LogP contribution in [-0.2, 0) is 0 Å². The van der Waals surface area contributed by atoms with Crippen molar-refractivity contribution < 1.29 is 18.7 Å². The second-order valence-electron chi connectivity index (χ2n) is 3.44. The third-order valence-electron chi connectivity index (χ3n) is 2.30. The molecule has 0 bridgehead atoms. The summed E-state index contributed by atoms with van der Waals surface area (Å²) in [6.07, 6.45) is 0. The summed E-state index contributed by atoms with van der Waals surface area (Å²) < 4.78 is 26.7. The van der Waals surface area contributed by atoms with E-state index in [9.17, 15) is 13.6 Å². The van der Waals surface area contributed by atoms with Gasteiger partial charge in [-0.3, -0.25) is 0 Å². The van der Waals surface area contributed by atoms with E-state index >= 15 is 0 Å². The van der Waals surface area contributed by atoms with E-state index in [4.69, 9.17) is 16.7 Å². The SMILES string of the molecule is O=C(O)c1ccc(Cl)nc1-c1cccc(F)c1F. The number of halogens is 3. The van der Waals surface area contributed by atoms with Gasteiger partial charge in [-0.25, -0.2) is 18.6 Å².